The molecule has 2 heteroatoms. The van der Waals surface area contributed by atoms with Crippen molar-refractivity contribution in [1.29, 1.82) is 0 Å². The predicted molar refractivity (Wildman–Crippen MR) is 67.4 cm³/mol. The second-order valence-corrected chi connectivity index (χ2v) is 4.20. The van der Waals surface area contributed by atoms with Gasteiger partial charge in [-0.1, -0.05) is 24.3 Å². The Hall–Kier alpha value is -1.83. The fraction of sp³-hybridized carbons (Fsp3) is 0.214. The van der Waals surface area contributed by atoms with Gasteiger partial charge in [0.15, 0.2) is 0 Å². The predicted octanol–water partition coefficient (Wildman–Crippen LogP) is 3.38. The summed E-state index contributed by atoms with van der Waals surface area (Å²) in [6, 6.07) is 2.16. The molecule has 0 atom stereocenters. The summed E-state index contributed by atoms with van der Waals surface area (Å²) >= 11 is 0. The Labute approximate surface area is 94.9 Å². The van der Waals surface area contributed by atoms with Gasteiger partial charge in [0.2, 0.25) is 0 Å². The van der Waals surface area contributed by atoms with E-state index in [1.165, 1.54) is 16.8 Å². The normalized spacial score (nSPS) is 14.1. The van der Waals surface area contributed by atoms with E-state index in [0.717, 1.165) is 17.8 Å². The number of aryl methyl sites for hydroxylation is 2. The minimum atomic E-state index is 1.000. The standard InChI is InChI=1S/C14H14N2/c1-10-11(2)16-9-8-12-6-4-3-5-7-13(12)14(16)15-10/h4-9H,3H2,1-2H3. The molecule has 1 aliphatic carbocycles. The van der Waals surface area contributed by atoms with Gasteiger partial charge in [-0.3, -0.25) is 0 Å². The molecular formula is C14H14N2. The Bertz CT molecular complexity index is 615. The summed E-state index contributed by atoms with van der Waals surface area (Å²) in [5, 5.41) is 0. The maximum absolute atomic E-state index is 4.65. The van der Waals surface area contributed by atoms with Gasteiger partial charge >= 0.3 is 0 Å². The first-order chi connectivity index (χ1) is 7.77. The zero-order valence-electron chi connectivity index (χ0n) is 9.57. The number of imidazole rings is 1. The number of hydrogen-bond acceptors (Lipinski definition) is 1. The van der Waals surface area contributed by atoms with Crippen molar-refractivity contribution in [2.75, 3.05) is 0 Å². The lowest BCUT2D eigenvalue weighted by Crippen LogP contribution is -1.92. The molecule has 0 aromatic carbocycles. The van der Waals surface area contributed by atoms with Crippen LogP contribution in [0.2, 0.25) is 0 Å². The maximum Gasteiger partial charge on any atom is 0.145 e. The van der Waals surface area contributed by atoms with Crippen molar-refractivity contribution in [3.63, 3.8) is 0 Å². The van der Waals surface area contributed by atoms with E-state index in [2.05, 4.69) is 59.8 Å². The van der Waals surface area contributed by atoms with Crippen molar-refractivity contribution in [1.82, 2.24) is 9.38 Å². The first-order valence-electron chi connectivity index (χ1n) is 5.59. The third kappa shape index (κ3) is 1.23. The molecule has 0 spiro atoms. The monoisotopic (exact) mass is 210 g/mol. The smallest absolute Gasteiger partial charge is 0.145 e. The van der Waals surface area contributed by atoms with E-state index in [-0.39, 0.29) is 0 Å². The van der Waals surface area contributed by atoms with Crippen molar-refractivity contribution < 1.29 is 0 Å². The minimum Gasteiger partial charge on any atom is -0.304 e. The zero-order chi connectivity index (χ0) is 11.1. The van der Waals surface area contributed by atoms with Crippen molar-refractivity contribution in [3.8, 4) is 0 Å². The molecule has 2 heterocycles. The van der Waals surface area contributed by atoms with Crippen LogP contribution in [0.15, 0.2) is 24.4 Å². The van der Waals surface area contributed by atoms with E-state index in [0.29, 0.717) is 0 Å². The SMILES string of the molecule is Cc1nc2c3c(ccn2c1C)C=CCC=C3. The van der Waals surface area contributed by atoms with E-state index in [1.807, 2.05) is 0 Å². The molecule has 0 bridgehead atoms. The molecule has 0 unspecified atom stereocenters. The summed E-state index contributed by atoms with van der Waals surface area (Å²) in [5.74, 6) is 0. The lowest BCUT2D eigenvalue weighted by molar-refractivity contribution is 1.09. The van der Waals surface area contributed by atoms with Crippen LogP contribution in [-0.2, 0) is 0 Å². The molecule has 0 fully saturated rings. The highest BCUT2D eigenvalue weighted by atomic mass is 15.0. The summed E-state index contributed by atoms with van der Waals surface area (Å²) in [6.45, 7) is 4.17. The molecule has 0 radical (unpaired) electrons. The second kappa shape index (κ2) is 3.34. The average Bonchev–Trinajstić information content (AvgIpc) is 2.51. The van der Waals surface area contributed by atoms with E-state index in [1.54, 1.807) is 0 Å². The van der Waals surface area contributed by atoms with Gasteiger partial charge < -0.3 is 4.40 Å². The number of nitrogens with zero attached hydrogens (tertiary/aromatic N) is 2. The second-order valence-electron chi connectivity index (χ2n) is 4.20. The number of fused-ring (bicyclic) bond motifs is 3. The Morgan fingerprint density at radius 2 is 2.00 bits per heavy atom. The topological polar surface area (TPSA) is 17.3 Å². The molecule has 1 aliphatic rings. The van der Waals surface area contributed by atoms with E-state index in [9.17, 15) is 0 Å². The van der Waals surface area contributed by atoms with Gasteiger partial charge in [-0.05, 0) is 31.9 Å². The molecule has 0 amide bonds. The van der Waals surface area contributed by atoms with Gasteiger partial charge in [0.25, 0.3) is 0 Å². The molecule has 2 nitrogen and oxygen atoms in total. The highest BCUT2D eigenvalue weighted by molar-refractivity contribution is 5.77. The van der Waals surface area contributed by atoms with Gasteiger partial charge in [-0.15, -0.1) is 0 Å². The first kappa shape index (κ1) is 9.40. The summed E-state index contributed by atoms with van der Waals surface area (Å²) < 4.78 is 2.16. The van der Waals surface area contributed by atoms with Crippen LogP contribution in [0.3, 0.4) is 0 Å². The molecule has 0 aliphatic heterocycles. The summed E-state index contributed by atoms with van der Waals surface area (Å²) in [6.07, 6.45) is 11.8. The number of aromatic nitrogens is 2. The van der Waals surface area contributed by atoms with Gasteiger partial charge in [0.1, 0.15) is 5.65 Å². The quantitative estimate of drug-likeness (QED) is 0.651. The average molecular weight is 210 g/mol. The van der Waals surface area contributed by atoms with Crippen LogP contribution in [-0.4, -0.2) is 9.38 Å². The fourth-order valence-corrected chi connectivity index (χ4v) is 2.15. The lowest BCUT2D eigenvalue weighted by Gasteiger charge is -2.03. The minimum absolute atomic E-state index is 1.000. The maximum atomic E-state index is 4.65. The Morgan fingerprint density at radius 1 is 1.19 bits per heavy atom. The van der Waals surface area contributed by atoms with Crippen LogP contribution < -0.4 is 0 Å². The molecule has 2 aromatic heterocycles. The zero-order valence-corrected chi connectivity index (χ0v) is 9.57. The summed E-state index contributed by atoms with van der Waals surface area (Å²) in [5.41, 5.74) is 5.88. The number of allylic oxidation sites excluding steroid dienone is 2. The van der Waals surface area contributed by atoms with Crippen LogP contribution in [0.5, 0.6) is 0 Å². The van der Waals surface area contributed by atoms with Crippen molar-refractivity contribution in [2.24, 2.45) is 0 Å². The molecule has 3 rings (SSSR count). The summed E-state index contributed by atoms with van der Waals surface area (Å²) in [7, 11) is 0. The largest absolute Gasteiger partial charge is 0.304 e. The molecule has 0 saturated heterocycles. The number of pyridine rings is 1. The third-order valence-corrected chi connectivity index (χ3v) is 3.20. The highest BCUT2D eigenvalue weighted by Gasteiger charge is 2.10. The highest BCUT2D eigenvalue weighted by Crippen LogP contribution is 2.23. The van der Waals surface area contributed by atoms with Gasteiger partial charge in [0.05, 0.1) is 5.69 Å². The van der Waals surface area contributed by atoms with E-state index in [4.69, 9.17) is 0 Å². The van der Waals surface area contributed by atoms with E-state index >= 15 is 0 Å². The van der Waals surface area contributed by atoms with Gasteiger partial charge in [-0.2, -0.15) is 0 Å². The fourth-order valence-electron chi connectivity index (χ4n) is 2.15. The van der Waals surface area contributed by atoms with Crippen LogP contribution in [0.1, 0.15) is 28.9 Å². The van der Waals surface area contributed by atoms with Crippen molar-refractivity contribution in [2.45, 2.75) is 20.3 Å². The molecule has 0 saturated carbocycles. The Kier molecular flexibility index (Phi) is 1.96. The molecule has 2 aromatic rings. The molecule has 80 valence electrons. The molecule has 0 N–H and O–H groups in total. The van der Waals surface area contributed by atoms with E-state index < -0.39 is 0 Å². The van der Waals surface area contributed by atoms with Gasteiger partial charge in [0, 0.05) is 17.5 Å². The Balaban J connectivity index is 2.43. The van der Waals surface area contributed by atoms with Crippen LogP contribution in [0, 0.1) is 13.8 Å². The van der Waals surface area contributed by atoms with Crippen LogP contribution in [0.4, 0.5) is 0 Å². The molecular weight excluding hydrogens is 196 g/mol. The van der Waals surface area contributed by atoms with Crippen molar-refractivity contribution in [3.05, 3.63) is 46.9 Å². The third-order valence-electron chi connectivity index (χ3n) is 3.20. The van der Waals surface area contributed by atoms with Crippen LogP contribution in [0.25, 0.3) is 17.8 Å². The first-order valence-corrected chi connectivity index (χ1v) is 5.59. The van der Waals surface area contributed by atoms with Crippen LogP contribution >= 0.6 is 0 Å². The number of rotatable bonds is 0. The van der Waals surface area contributed by atoms with Crippen molar-refractivity contribution >= 4 is 17.8 Å². The Morgan fingerprint density at radius 3 is 2.88 bits per heavy atom. The van der Waals surface area contributed by atoms with Gasteiger partial charge in [-0.25, -0.2) is 4.98 Å². The lowest BCUT2D eigenvalue weighted by atomic mass is 10.1. The number of hydrogen-bond donors (Lipinski definition) is 0. The molecule has 16 heavy (non-hydrogen) atoms. The summed E-state index contributed by atoms with van der Waals surface area (Å²) in [4.78, 5) is 4.65.